The highest BCUT2D eigenvalue weighted by Gasteiger charge is 2.32. The molecular formula is C29H33IN4O8S. The predicted octanol–water partition coefficient (Wildman–Crippen LogP) is 3.52. The van der Waals surface area contributed by atoms with Crippen molar-refractivity contribution in [2.45, 2.75) is 33.7 Å². The number of para-hydroxylation sites is 1. The van der Waals surface area contributed by atoms with E-state index in [1.807, 2.05) is 6.92 Å². The molecule has 230 valence electrons. The Labute approximate surface area is 268 Å². The summed E-state index contributed by atoms with van der Waals surface area (Å²) in [4.78, 5) is 37.0. The van der Waals surface area contributed by atoms with Gasteiger partial charge in [-0.2, -0.15) is 5.10 Å². The maximum absolute atomic E-state index is 12.7. The van der Waals surface area contributed by atoms with Crippen LogP contribution in [0.1, 0.15) is 44.9 Å². The van der Waals surface area contributed by atoms with E-state index in [4.69, 9.17) is 35.9 Å². The van der Waals surface area contributed by atoms with Gasteiger partial charge in [-0.1, -0.05) is 18.2 Å². The largest absolute Gasteiger partial charge is 0.490 e. The average molecular weight is 725 g/mol. The molecule has 0 aromatic heterocycles. The quantitative estimate of drug-likeness (QED) is 0.0866. The molecule has 0 spiro atoms. The first kappa shape index (κ1) is 33.6. The van der Waals surface area contributed by atoms with Crippen LogP contribution in [0.5, 0.6) is 17.2 Å². The van der Waals surface area contributed by atoms with E-state index in [1.54, 1.807) is 57.2 Å². The van der Waals surface area contributed by atoms with Gasteiger partial charge in [-0.3, -0.25) is 4.79 Å². The lowest BCUT2D eigenvalue weighted by atomic mass is 9.95. The molecule has 2 aromatic carbocycles. The summed E-state index contributed by atoms with van der Waals surface area (Å²) in [5, 5.41) is 10.4. The molecule has 1 heterocycles. The summed E-state index contributed by atoms with van der Waals surface area (Å²) in [7, 11) is 0. The van der Waals surface area contributed by atoms with E-state index in [-0.39, 0.29) is 26.4 Å². The number of nitrogens with zero attached hydrogens (tertiary/aromatic N) is 1. The highest BCUT2D eigenvalue weighted by Crippen LogP contribution is 2.35. The lowest BCUT2D eigenvalue weighted by Gasteiger charge is -2.30. The minimum atomic E-state index is -0.642. The molecule has 1 atom stereocenters. The van der Waals surface area contributed by atoms with Crippen LogP contribution in [-0.4, -0.2) is 62.2 Å². The van der Waals surface area contributed by atoms with Crippen molar-refractivity contribution in [3.8, 4) is 17.2 Å². The molecule has 0 radical (unpaired) electrons. The van der Waals surface area contributed by atoms with Crippen LogP contribution in [0.25, 0.3) is 0 Å². The molecule has 14 heteroatoms. The number of esters is 2. The minimum absolute atomic E-state index is 0.213. The summed E-state index contributed by atoms with van der Waals surface area (Å²) < 4.78 is 28.0. The number of hydrogen-bond donors (Lipinski definition) is 3. The molecule has 0 bridgehead atoms. The van der Waals surface area contributed by atoms with E-state index in [0.29, 0.717) is 54.9 Å². The van der Waals surface area contributed by atoms with E-state index in [2.05, 4.69) is 43.8 Å². The molecule has 3 N–H and O–H groups in total. The van der Waals surface area contributed by atoms with E-state index in [0.717, 1.165) is 0 Å². The van der Waals surface area contributed by atoms with Crippen LogP contribution in [0.2, 0.25) is 0 Å². The number of allylic oxidation sites excluding steroid dienone is 1. The Morgan fingerprint density at radius 2 is 1.74 bits per heavy atom. The molecular weight excluding hydrogens is 691 g/mol. The van der Waals surface area contributed by atoms with Crippen LogP contribution in [0.4, 0.5) is 0 Å². The van der Waals surface area contributed by atoms with Crippen molar-refractivity contribution in [3.63, 3.8) is 0 Å². The third-order valence-electron chi connectivity index (χ3n) is 5.73. The Morgan fingerprint density at radius 3 is 2.47 bits per heavy atom. The van der Waals surface area contributed by atoms with Gasteiger partial charge in [-0.05, 0) is 86.3 Å². The summed E-state index contributed by atoms with van der Waals surface area (Å²) >= 11 is 7.37. The number of ether oxygens (including phenoxy) is 5. The van der Waals surface area contributed by atoms with Gasteiger partial charge in [0.05, 0.1) is 41.2 Å². The number of halogens is 1. The van der Waals surface area contributed by atoms with Gasteiger partial charge in [0, 0.05) is 11.3 Å². The third kappa shape index (κ3) is 9.54. The highest BCUT2D eigenvalue weighted by molar-refractivity contribution is 14.1. The first-order valence-electron chi connectivity index (χ1n) is 13.4. The standard InChI is InChI=1S/C29H33IN4O8S/c1-5-38-22-13-18(12-20(30)27(22)42-16-24(36)39-6-2)14-31-34-23(35)15-41-21-11-9-8-10-19(21)26-25(28(37)40-7-3)17(4)32-29(43)33-26/h8-14,26H,5-7,15-16H2,1-4H3,(H,34,35)(H2,32,33,43)/t26-/m1/s1. The van der Waals surface area contributed by atoms with E-state index >= 15 is 0 Å². The van der Waals surface area contributed by atoms with Gasteiger partial charge >= 0.3 is 11.9 Å². The summed E-state index contributed by atoms with van der Waals surface area (Å²) in [5.41, 5.74) is 4.60. The molecule has 2 aromatic rings. The molecule has 12 nitrogen and oxygen atoms in total. The van der Waals surface area contributed by atoms with Gasteiger partial charge in [-0.25, -0.2) is 15.0 Å². The van der Waals surface area contributed by atoms with E-state index in [1.165, 1.54) is 6.21 Å². The van der Waals surface area contributed by atoms with Gasteiger partial charge in [0.15, 0.2) is 29.8 Å². The van der Waals surface area contributed by atoms with Crippen LogP contribution in [0.15, 0.2) is 52.8 Å². The second-order valence-corrected chi connectivity index (χ2v) is 10.3. The number of carbonyl (C=O) groups is 3. The summed E-state index contributed by atoms with van der Waals surface area (Å²) in [6, 6.07) is 9.83. The molecule has 0 saturated heterocycles. The number of benzene rings is 2. The molecule has 43 heavy (non-hydrogen) atoms. The number of carbonyl (C=O) groups excluding carboxylic acids is 3. The molecule has 0 unspecified atom stereocenters. The zero-order valence-corrected chi connectivity index (χ0v) is 27.1. The molecule has 1 aliphatic heterocycles. The number of rotatable bonds is 14. The Kier molecular flexibility index (Phi) is 13.0. The van der Waals surface area contributed by atoms with Crippen molar-refractivity contribution in [2.24, 2.45) is 5.10 Å². The monoisotopic (exact) mass is 724 g/mol. The maximum Gasteiger partial charge on any atom is 0.344 e. The Morgan fingerprint density at radius 1 is 1.00 bits per heavy atom. The van der Waals surface area contributed by atoms with E-state index in [9.17, 15) is 14.4 Å². The molecule has 0 fully saturated rings. The normalized spacial score (nSPS) is 14.4. The Balaban J connectivity index is 1.68. The first-order chi connectivity index (χ1) is 20.7. The van der Waals surface area contributed by atoms with Crippen molar-refractivity contribution in [3.05, 3.63) is 62.4 Å². The number of nitrogens with one attached hydrogen (secondary N) is 3. The molecule has 3 rings (SSSR count). The molecule has 1 amide bonds. The molecule has 0 saturated carbocycles. The second kappa shape index (κ2) is 16.6. The predicted molar refractivity (Wildman–Crippen MR) is 171 cm³/mol. The number of amides is 1. The first-order valence-corrected chi connectivity index (χ1v) is 14.9. The molecule has 1 aliphatic rings. The fourth-order valence-electron chi connectivity index (χ4n) is 4.01. The fraction of sp³-hybridized carbons (Fsp3) is 0.345. The van der Waals surface area contributed by atoms with Crippen LogP contribution in [0, 0.1) is 3.57 Å². The SMILES string of the molecule is CCOC(=O)COc1c(I)cc(C=NNC(=O)COc2ccccc2[C@H]2NC(=S)NC(C)=C2C(=O)OCC)cc1OCC. The van der Waals surface area contributed by atoms with Crippen molar-refractivity contribution in [1.82, 2.24) is 16.1 Å². The lowest BCUT2D eigenvalue weighted by molar-refractivity contribution is -0.145. The molecule has 0 aliphatic carbocycles. The minimum Gasteiger partial charge on any atom is -0.490 e. The lowest BCUT2D eigenvalue weighted by Crippen LogP contribution is -2.45. The average Bonchev–Trinajstić information content (AvgIpc) is 2.96. The highest BCUT2D eigenvalue weighted by atomic mass is 127. The Hall–Kier alpha value is -3.92. The Bertz CT molecular complexity index is 1410. The van der Waals surface area contributed by atoms with E-state index < -0.39 is 23.9 Å². The maximum atomic E-state index is 12.7. The fourth-order valence-corrected chi connectivity index (χ4v) is 5.06. The topological polar surface area (TPSA) is 146 Å². The second-order valence-electron chi connectivity index (χ2n) is 8.77. The summed E-state index contributed by atoms with van der Waals surface area (Å²) in [6.45, 7) is 7.26. The van der Waals surface area contributed by atoms with Crippen LogP contribution in [-0.2, 0) is 23.9 Å². The van der Waals surface area contributed by atoms with Gasteiger partial charge < -0.3 is 34.3 Å². The van der Waals surface area contributed by atoms with Crippen molar-refractivity contribution >= 4 is 64.0 Å². The summed E-state index contributed by atoms with van der Waals surface area (Å²) in [6.07, 6.45) is 1.45. The zero-order valence-electron chi connectivity index (χ0n) is 24.2. The van der Waals surface area contributed by atoms with Crippen molar-refractivity contribution in [1.29, 1.82) is 0 Å². The van der Waals surface area contributed by atoms with Gasteiger partial charge in [0.25, 0.3) is 5.91 Å². The zero-order chi connectivity index (χ0) is 31.4. The van der Waals surface area contributed by atoms with Crippen molar-refractivity contribution in [2.75, 3.05) is 33.0 Å². The smallest absolute Gasteiger partial charge is 0.344 e. The van der Waals surface area contributed by atoms with Gasteiger partial charge in [-0.15, -0.1) is 0 Å². The van der Waals surface area contributed by atoms with Crippen LogP contribution < -0.4 is 30.3 Å². The number of hydrazone groups is 1. The third-order valence-corrected chi connectivity index (χ3v) is 6.75. The number of hydrogen-bond acceptors (Lipinski definition) is 10. The number of thiocarbonyl (C=S) groups is 1. The summed E-state index contributed by atoms with van der Waals surface area (Å²) in [5.74, 6) is -0.276. The van der Waals surface area contributed by atoms with Gasteiger partial charge in [0.2, 0.25) is 0 Å². The van der Waals surface area contributed by atoms with Crippen molar-refractivity contribution < 1.29 is 38.1 Å². The van der Waals surface area contributed by atoms with Crippen LogP contribution in [0.3, 0.4) is 0 Å². The van der Waals surface area contributed by atoms with Gasteiger partial charge in [0.1, 0.15) is 5.75 Å². The van der Waals surface area contributed by atoms with Crippen LogP contribution >= 0.6 is 34.8 Å².